The van der Waals surface area contributed by atoms with E-state index in [2.05, 4.69) is 25.4 Å². The van der Waals surface area contributed by atoms with Crippen LogP contribution in [0, 0.1) is 5.82 Å². The van der Waals surface area contributed by atoms with Gasteiger partial charge in [-0.3, -0.25) is 0 Å². The summed E-state index contributed by atoms with van der Waals surface area (Å²) in [5, 5.41) is 0. The molecule has 3 aromatic carbocycles. The molecular formula is C24H16BrF7O9S2. The molecule has 0 saturated carbocycles. The molecule has 0 N–H and O–H groups in total. The predicted molar refractivity (Wildman–Crippen MR) is 136 cm³/mol. The summed E-state index contributed by atoms with van der Waals surface area (Å²) in [5.41, 5.74) is -11.7. The maximum atomic E-state index is 12.9. The van der Waals surface area contributed by atoms with Gasteiger partial charge in [0.25, 0.3) is 19.7 Å². The Balaban J connectivity index is 0.000000317. The first-order valence-electron chi connectivity index (χ1n) is 10.8. The van der Waals surface area contributed by atoms with Gasteiger partial charge in [0.2, 0.25) is 0 Å². The van der Waals surface area contributed by atoms with Crippen LogP contribution in [0.5, 0.6) is 11.5 Å². The summed E-state index contributed by atoms with van der Waals surface area (Å²) >= 11 is 2.70. The molecule has 0 aromatic heterocycles. The lowest BCUT2D eigenvalue weighted by Crippen LogP contribution is -2.24. The molecule has 0 spiro atoms. The summed E-state index contributed by atoms with van der Waals surface area (Å²) in [6.07, 6.45) is 0. The van der Waals surface area contributed by atoms with E-state index in [4.69, 9.17) is 4.74 Å². The molecule has 0 fully saturated rings. The Bertz CT molecular complexity index is 1720. The second kappa shape index (κ2) is 13.3. The summed E-state index contributed by atoms with van der Waals surface area (Å²) < 4.78 is 148. The van der Waals surface area contributed by atoms with E-state index >= 15 is 0 Å². The van der Waals surface area contributed by atoms with Gasteiger partial charge in [-0.2, -0.15) is 26.3 Å². The molecule has 0 atom stereocenters. The number of methoxy groups -OCH3 is 2. The van der Waals surface area contributed by atoms with Gasteiger partial charge in [-0.15, -0.1) is 0 Å². The van der Waals surface area contributed by atoms with Crippen LogP contribution in [-0.4, -0.2) is 54.0 Å². The van der Waals surface area contributed by atoms with Crippen molar-refractivity contribution in [3.05, 3.63) is 82.1 Å². The number of halogens is 8. The van der Waals surface area contributed by atoms with Gasteiger partial charge in [-0.25, -0.2) is 30.8 Å². The van der Waals surface area contributed by atoms with Gasteiger partial charge in [0.15, 0.2) is 0 Å². The van der Waals surface area contributed by atoms with Crippen LogP contribution in [0.3, 0.4) is 0 Å². The first kappa shape index (κ1) is 35.5. The Morgan fingerprint density at radius 3 is 1.53 bits per heavy atom. The molecule has 0 bridgehead atoms. The highest BCUT2D eigenvalue weighted by Gasteiger charge is 2.49. The summed E-state index contributed by atoms with van der Waals surface area (Å²) in [6.45, 7) is 0. The molecule has 0 aliphatic carbocycles. The Morgan fingerprint density at radius 2 is 1.09 bits per heavy atom. The van der Waals surface area contributed by atoms with Crippen LogP contribution in [0.25, 0.3) is 0 Å². The number of sulfone groups is 2. The fourth-order valence-corrected chi connectivity index (χ4v) is 5.53. The van der Waals surface area contributed by atoms with Crippen molar-refractivity contribution in [3.8, 4) is 11.5 Å². The van der Waals surface area contributed by atoms with Gasteiger partial charge in [0.1, 0.15) is 22.2 Å². The monoisotopic (exact) mass is 724 g/mol. The average molecular weight is 725 g/mol. The van der Waals surface area contributed by atoms with E-state index in [0.717, 1.165) is 62.8 Å². The second-order valence-corrected chi connectivity index (χ2v) is 12.4. The minimum atomic E-state index is -5.81. The number of carbonyl (C=O) groups excluding carboxylic acids is 2. The van der Waals surface area contributed by atoms with Crippen molar-refractivity contribution in [2.45, 2.75) is 20.8 Å². The largest absolute Gasteiger partial charge is 0.502 e. The highest BCUT2D eigenvalue weighted by molar-refractivity contribution is 9.10. The molecule has 0 heterocycles. The molecule has 0 aliphatic rings. The molecule has 0 radical (unpaired) electrons. The van der Waals surface area contributed by atoms with E-state index in [0.29, 0.717) is 12.1 Å². The number of hydrogen-bond donors (Lipinski definition) is 0. The van der Waals surface area contributed by atoms with Crippen molar-refractivity contribution < 1.29 is 71.4 Å². The molecular weight excluding hydrogens is 709 g/mol. The average Bonchev–Trinajstić information content (AvgIpc) is 2.92. The minimum Gasteiger partial charge on any atom is -0.465 e. The first-order valence-corrected chi connectivity index (χ1v) is 14.6. The number of ether oxygens (including phenoxy) is 3. The number of alkyl halides is 6. The highest BCUT2D eigenvalue weighted by Crippen LogP contribution is 2.38. The van der Waals surface area contributed by atoms with Gasteiger partial charge in [0.05, 0.1) is 30.2 Å². The van der Waals surface area contributed by atoms with E-state index < -0.39 is 69.6 Å². The van der Waals surface area contributed by atoms with Crippen molar-refractivity contribution in [1.29, 1.82) is 0 Å². The van der Waals surface area contributed by atoms with Gasteiger partial charge in [0, 0.05) is 4.47 Å². The molecule has 43 heavy (non-hydrogen) atoms. The van der Waals surface area contributed by atoms with E-state index in [1.54, 1.807) is 0 Å². The molecule has 0 saturated heterocycles. The summed E-state index contributed by atoms with van der Waals surface area (Å²) in [6, 6.07) is 9.39. The van der Waals surface area contributed by atoms with Gasteiger partial charge >= 0.3 is 23.0 Å². The topological polar surface area (TPSA) is 130 Å². The third-order valence-electron chi connectivity index (χ3n) is 4.95. The van der Waals surface area contributed by atoms with Gasteiger partial charge < -0.3 is 14.2 Å². The quantitative estimate of drug-likeness (QED) is 0.215. The lowest BCUT2D eigenvalue weighted by molar-refractivity contribution is -0.0442. The van der Waals surface area contributed by atoms with Crippen LogP contribution >= 0.6 is 15.9 Å². The zero-order chi connectivity index (χ0) is 33.0. The summed E-state index contributed by atoms with van der Waals surface area (Å²) in [4.78, 5) is 20.3. The first-order chi connectivity index (χ1) is 19.7. The van der Waals surface area contributed by atoms with Crippen LogP contribution in [0.4, 0.5) is 30.7 Å². The van der Waals surface area contributed by atoms with Gasteiger partial charge in [-0.05, 0) is 76.6 Å². The third kappa shape index (κ3) is 8.23. The van der Waals surface area contributed by atoms with Crippen LogP contribution in [-0.2, 0) is 29.1 Å². The highest BCUT2D eigenvalue weighted by atomic mass is 79.9. The van der Waals surface area contributed by atoms with Crippen molar-refractivity contribution in [2.75, 3.05) is 14.2 Å². The molecule has 19 heteroatoms. The van der Waals surface area contributed by atoms with Crippen LogP contribution in [0.1, 0.15) is 20.7 Å². The Kier molecular flexibility index (Phi) is 11.0. The summed E-state index contributed by atoms with van der Waals surface area (Å²) in [5.74, 6) is -3.33. The van der Waals surface area contributed by atoms with Crippen molar-refractivity contribution >= 4 is 47.5 Å². The molecule has 3 aromatic rings. The SMILES string of the molecule is COC(=O)c1ccc(Br)c(S(=O)(=O)C(F)(F)F)c1.COC(=O)c1ccc(Oc2ccc(F)cc2)c(S(=O)(=O)C(F)(F)F)c1. The summed E-state index contributed by atoms with van der Waals surface area (Å²) in [7, 11) is -9.31. The Hall–Kier alpha value is -3.71. The lowest BCUT2D eigenvalue weighted by atomic mass is 10.2. The maximum Gasteiger partial charge on any atom is 0.502 e. The van der Waals surface area contributed by atoms with E-state index in [-0.39, 0.29) is 15.8 Å². The number of benzene rings is 3. The zero-order valence-corrected chi connectivity index (χ0v) is 24.5. The van der Waals surface area contributed by atoms with Crippen LogP contribution in [0.15, 0.2) is 74.9 Å². The standard InChI is InChI=1S/C15H10F4O5S.C9H6BrF3O4S/c1-23-14(20)9-2-7-12(24-11-5-3-10(16)4-6-11)13(8-9)25(21,22)15(17,18)19;1-17-8(14)5-2-3-6(10)7(4-5)18(15,16)9(11,12)13/h2-8H,1H3;2-4H,1H3. The molecule has 0 unspecified atom stereocenters. The normalized spacial score (nSPS) is 12.0. The second-order valence-electron chi connectivity index (χ2n) is 7.74. The van der Waals surface area contributed by atoms with E-state index in [1.807, 2.05) is 0 Å². The Morgan fingerprint density at radius 1 is 0.674 bits per heavy atom. The fourth-order valence-electron chi connectivity index (χ4n) is 2.88. The fraction of sp³-hybridized carbons (Fsp3) is 0.167. The van der Waals surface area contributed by atoms with Crippen molar-refractivity contribution in [1.82, 2.24) is 0 Å². The van der Waals surface area contributed by atoms with Crippen molar-refractivity contribution in [2.24, 2.45) is 0 Å². The third-order valence-corrected chi connectivity index (χ3v) is 8.93. The number of carbonyl (C=O) groups is 2. The van der Waals surface area contributed by atoms with E-state index in [9.17, 15) is 57.2 Å². The van der Waals surface area contributed by atoms with Crippen LogP contribution < -0.4 is 4.74 Å². The number of rotatable bonds is 6. The van der Waals surface area contributed by atoms with Crippen molar-refractivity contribution in [3.63, 3.8) is 0 Å². The molecule has 3 rings (SSSR count). The zero-order valence-electron chi connectivity index (χ0n) is 21.3. The van der Waals surface area contributed by atoms with Gasteiger partial charge in [-0.1, -0.05) is 0 Å². The smallest absolute Gasteiger partial charge is 0.465 e. The molecule has 0 aliphatic heterocycles. The molecule has 9 nitrogen and oxygen atoms in total. The lowest BCUT2D eigenvalue weighted by Gasteiger charge is -2.14. The molecule has 234 valence electrons. The number of esters is 2. The number of hydrogen-bond acceptors (Lipinski definition) is 9. The predicted octanol–water partition coefficient (Wildman–Crippen LogP) is 6.23. The molecule has 0 amide bonds. The maximum absolute atomic E-state index is 12.9. The minimum absolute atomic E-state index is 0.0918. The van der Waals surface area contributed by atoms with Crippen LogP contribution in [0.2, 0.25) is 0 Å². The Labute approximate surface area is 247 Å². The van der Waals surface area contributed by atoms with E-state index in [1.165, 1.54) is 0 Å².